The molecule has 0 heterocycles. The van der Waals surface area contributed by atoms with Crippen LogP contribution in [0, 0.1) is 0 Å². The number of benzene rings is 1. The standard InChI is InChI=1S/C12H15Cl3/c1-2-9(13)5-3-6-10-11(14)7-4-8-12(10)15/h4,7-9H,2-3,5-6H2,1H3. The van der Waals surface area contributed by atoms with Crippen molar-refractivity contribution in [2.24, 2.45) is 0 Å². The fourth-order valence-electron chi connectivity index (χ4n) is 1.48. The zero-order valence-corrected chi connectivity index (χ0v) is 11.0. The lowest BCUT2D eigenvalue weighted by atomic mass is 10.1. The molecular formula is C12H15Cl3. The average molecular weight is 266 g/mol. The van der Waals surface area contributed by atoms with E-state index in [0.717, 1.165) is 41.3 Å². The van der Waals surface area contributed by atoms with Crippen molar-refractivity contribution in [3.63, 3.8) is 0 Å². The van der Waals surface area contributed by atoms with E-state index < -0.39 is 0 Å². The van der Waals surface area contributed by atoms with E-state index in [-0.39, 0.29) is 5.38 Å². The van der Waals surface area contributed by atoms with Crippen LogP contribution in [0.25, 0.3) is 0 Å². The van der Waals surface area contributed by atoms with Crippen LogP contribution in [-0.4, -0.2) is 5.38 Å². The van der Waals surface area contributed by atoms with Gasteiger partial charge >= 0.3 is 0 Å². The van der Waals surface area contributed by atoms with Gasteiger partial charge in [0.15, 0.2) is 0 Å². The molecule has 0 fully saturated rings. The summed E-state index contributed by atoms with van der Waals surface area (Å²) in [6, 6.07) is 5.62. The third kappa shape index (κ3) is 4.22. The van der Waals surface area contributed by atoms with Crippen molar-refractivity contribution >= 4 is 34.8 Å². The largest absolute Gasteiger partial charge is 0.123 e. The zero-order chi connectivity index (χ0) is 11.3. The molecule has 0 saturated heterocycles. The highest BCUT2D eigenvalue weighted by molar-refractivity contribution is 6.35. The van der Waals surface area contributed by atoms with E-state index >= 15 is 0 Å². The van der Waals surface area contributed by atoms with Gasteiger partial charge in [-0.1, -0.05) is 36.2 Å². The molecule has 0 amide bonds. The minimum absolute atomic E-state index is 0.270. The predicted molar refractivity (Wildman–Crippen MR) is 69.3 cm³/mol. The highest BCUT2D eigenvalue weighted by Gasteiger charge is 2.06. The lowest BCUT2D eigenvalue weighted by Gasteiger charge is -2.08. The van der Waals surface area contributed by atoms with Crippen molar-refractivity contribution in [3.8, 4) is 0 Å². The first-order valence-electron chi connectivity index (χ1n) is 5.22. The summed E-state index contributed by atoms with van der Waals surface area (Å²) in [5.41, 5.74) is 1.04. The number of hydrogen-bond acceptors (Lipinski definition) is 0. The van der Waals surface area contributed by atoms with Crippen molar-refractivity contribution in [2.75, 3.05) is 0 Å². The number of hydrogen-bond donors (Lipinski definition) is 0. The van der Waals surface area contributed by atoms with Crippen molar-refractivity contribution in [1.82, 2.24) is 0 Å². The fraction of sp³-hybridized carbons (Fsp3) is 0.500. The first kappa shape index (κ1) is 13.2. The molecule has 0 saturated carbocycles. The smallest absolute Gasteiger partial charge is 0.0452 e. The maximum Gasteiger partial charge on any atom is 0.0452 e. The summed E-state index contributed by atoms with van der Waals surface area (Å²) in [7, 11) is 0. The van der Waals surface area contributed by atoms with Crippen molar-refractivity contribution in [2.45, 2.75) is 38.0 Å². The quantitative estimate of drug-likeness (QED) is 0.631. The van der Waals surface area contributed by atoms with Crippen molar-refractivity contribution in [3.05, 3.63) is 33.8 Å². The lowest BCUT2D eigenvalue weighted by Crippen LogP contribution is -1.97. The van der Waals surface area contributed by atoms with Gasteiger partial charge in [0.05, 0.1) is 0 Å². The summed E-state index contributed by atoms with van der Waals surface area (Å²) in [5.74, 6) is 0. The maximum absolute atomic E-state index is 6.06. The summed E-state index contributed by atoms with van der Waals surface area (Å²) in [4.78, 5) is 0. The summed E-state index contributed by atoms with van der Waals surface area (Å²) < 4.78 is 0. The van der Waals surface area contributed by atoms with Crippen LogP contribution in [0.5, 0.6) is 0 Å². The normalized spacial score (nSPS) is 12.8. The van der Waals surface area contributed by atoms with Gasteiger partial charge in [0.1, 0.15) is 0 Å². The number of halogens is 3. The van der Waals surface area contributed by atoms with Crippen LogP contribution in [0.3, 0.4) is 0 Å². The topological polar surface area (TPSA) is 0 Å². The van der Waals surface area contributed by atoms with Gasteiger partial charge in [-0.3, -0.25) is 0 Å². The molecule has 0 nitrogen and oxygen atoms in total. The zero-order valence-electron chi connectivity index (χ0n) is 8.77. The SMILES string of the molecule is CCC(Cl)CCCc1c(Cl)cccc1Cl. The lowest BCUT2D eigenvalue weighted by molar-refractivity contribution is 0.675. The third-order valence-corrected chi connectivity index (χ3v) is 3.68. The second kappa shape index (κ2) is 6.62. The molecule has 0 N–H and O–H groups in total. The molecule has 0 bridgehead atoms. The Morgan fingerprint density at radius 3 is 2.33 bits per heavy atom. The Bertz CT molecular complexity index is 289. The van der Waals surface area contributed by atoms with Crippen LogP contribution in [0.2, 0.25) is 10.0 Å². The van der Waals surface area contributed by atoms with Gasteiger partial charge in [-0.25, -0.2) is 0 Å². The molecule has 0 aliphatic rings. The van der Waals surface area contributed by atoms with Gasteiger partial charge < -0.3 is 0 Å². The molecule has 1 aromatic rings. The molecule has 1 aromatic carbocycles. The molecule has 3 heteroatoms. The predicted octanol–water partition coefficient (Wildman–Crippen LogP) is 5.33. The Morgan fingerprint density at radius 2 is 1.80 bits per heavy atom. The van der Waals surface area contributed by atoms with Crippen molar-refractivity contribution < 1.29 is 0 Å². The van der Waals surface area contributed by atoms with Crippen LogP contribution in [0.1, 0.15) is 31.7 Å². The number of alkyl halides is 1. The average Bonchev–Trinajstić information content (AvgIpc) is 2.22. The highest BCUT2D eigenvalue weighted by atomic mass is 35.5. The molecule has 84 valence electrons. The minimum Gasteiger partial charge on any atom is -0.123 e. The molecule has 0 aliphatic heterocycles. The van der Waals surface area contributed by atoms with Gasteiger partial charge in [0, 0.05) is 15.4 Å². The van der Waals surface area contributed by atoms with E-state index in [9.17, 15) is 0 Å². The van der Waals surface area contributed by atoms with E-state index in [1.807, 2.05) is 18.2 Å². The Labute approximate surface area is 107 Å². The molecule has 1 rings (SSSR count). The van der Waals surface area contributed by atoms with E-state index in [1.54, 1.807) is 0 Å². The van der Waals surface area contributed by atoms with Crippen LogP contribution in [0.4, 0.5) is 0 Å². The second-order valence-electron chi connectivity index (χ2n) is 3.60. The fourth-order valence-corrected chi connectivity index (χ4v) is 2.22. The summed E-state index contributed by atoms with van der Waals surface area (Å²) in [6.07, 6.45) is 3.96. The Kier molecular flexibility index (Phi) is 5.81. The van der Waals surface area contributed by atoms with Gasteiger partial charge in [-0.2, -0.15) is 0 Å². The van der Waals surface area contributed by atoms with Gasteiger partial charge in [-0.05, 0) is 43.4 Å². The van der Waals surface area contributed by atoms with E-state index in [1.165, 1.54) is 0 Å². The van der Waals surface area contributed by atoms with Crippen molar-refractivity contribution in [1.29, 1.82) is 0 Å². The van der Waals surface area contributed by atoms with Crippen LogP contribution in [0.15, 0.2) is 18.2 Å². The van der Waals surface area contributed by atoms with Gasteiger partial charge in [0.25, 0.3) is 0 Å². The number of rotatable bonds is 5. The summed E-state index contributed by atoms with van der Waals surface area (Å²) >= 11 is 18.2. The minimum atomic E-state index is 0.270. The highest BCUT2D eigenvalue weighted by Crippen LogP contribution is 2.26. The Balaban J connectivity index is 2.50. The molecule has 15 heavy (non-hydrogen) atoms. The third-order valence-electron chi connectivity index (χ3n) is 2.45. The van der Waals surface area contributed by atoms with Gasteiger partial charge in [0.2, 0.25) is 0 Å². The van der Waals surface area contributed by atoms with E-state index in [4.69, 9.17) is 34.8 Å². The molecule has 1 unspecified atom stereocenters. The monoisotopic (exact) mass is 264 g/mol. The molecular weight excluding hydrogens is 250 g/mol. The van der Waals surface area contributed by atoms with Crippen LogP contribution < -0.4 is 0 Å². The van der Waals surface area contributed by atoms with Gasteiger partial charge in [-0.15, -0.1) is 11.6 Å². The van der Waals surface area contributed by atoms with Crippen LogP contribution >= 0.6 is 34.8 Å². The summed E-state index contributed by atoms with van der Waals surface area (Å²) in [5, 5.41) is 1.78. The Morgan fingerprint density at radius 1 is 1.20 bits per heavy atom. The molecule has 1 atom stereocenters. The molecule has 0 radical (unpaired) electrons. The van der Waals surface area contributed by atoms with E-state index in [2.05, 4.69) is 6.92 Å². The van der Waals surface area contributed by atoms with E-state index in [0.29, 0.717) is 0 Å². The van der Waals surface area contributed by atoms with Crippen LogP contribution in [-0.2, 0) is 6.42 Å². The molecule has 0 aliphatic carbocycles. The maximum atomic E-state index is 6.06. The first-order valence-corrected chi connectivity index (χ1v) is 6.41. The second-order valence-corrected chi connectivity index (χ2v) is 5.03. The Hall–Kier alpha value is 0.0900. The summed E-state index contributed by atoms with van der Waals surface area (Å²) in [6.45, 7) is 2.10. The molecule has 0 aromatic heterocycles. The first-order chi connectivity index (χ1) is 7.15. The molecule has 0 spiro atoms.